The number of hydrogen-bond acceptors (Lipinski definition) is 11. The van der Waals surface area contributed by atoms with Crippen molar-refractivity contribution >= 4 is 5.78 Å². The third-order valence-corrected chi connectivity index (χ3v) is 14.6. The van der Waals surface area contributed by atoms with E-state index in [0.717, 1.165) is 56.1 Å². The third-order valence-electron chi connectivity index (χ3n) is 14.6. The Hall–Kier alpha value is -1.25. The Balaban J connectivity index is 0.994. The van der Waals surface area contributed by atoms with Crippen LogP contribution >= 0.6 is 0 Å². The zero-order valence-electron chi connectivity index (χ0n) is 31.3. The smallest absolute Gasteiger partial charge is 0.172 e. The molecule has 11 nitrogen and oxygen atoms in total. The molecule has 10 heterocycles. The molecule has 10 aliphatic heterocycles. The number of ether oxygens (including phenoxy) is 8. The monoisotopic (exact) mass is 727 g/mol. The van der Waals surface area contributed by atoms with Gasteiger partial charge in [0.1, 0.15) is 41.9 Å². The molecule has 0 radical (unpaired) electrons. The SMILES string of the molecule is C=C1C[C@@H]2CC[C@@]34C[C@]5(C)O[C@H]6[C@@H](O3)C3OC(CC[C@@H]3O[C@H]6C5O4)CC(=O)C[C@@H]3[C@@H](C)[C@@H](C[C@H](O)CN)O[C@H]3CC3O[C@@H](CCC1O2)C[C@@H](C)C3=C. The number of aliphatic hydroxyl groups is 1. The summed E-state index contributed by atoms with van der Waals surface area (Å²) in [5, 5.41) is 10.5. The van der Waals surface area contributed by atoms with Crippen LogP contribution in [-0.4, -0.2) is 114 Å². The molecule has 3 N–H and O–H groups in total. The normalized spacial score (nSPS) is 53.8. The van der Waals surface area contributed by atoms with E-state index < -0.39 is 17.5 Å². The second-order valence-corrected chi connectivity index (χ2v) is 18.3. The molecule has 5 unspecified atom stereocenters. The van der Waals surface area contributed by atoms with E-state index in [-0.39, 0.29) is 104 Å². The van der Waals surface area contributed by atoms with Gasteiger partial charge in [0.25, 0.3) is 0 Å². The summed E-state index contributed by atoms with van der Waals surface area (Å²) < 4.78 is 54.5. The van der Waals surface area contributed by atoms with Crippen LogP contribution in [0.1, 0.15) is 104 Å². The van der Waals surface area contributed by atoms with Crippen LogP contribution in [0.2, 0.25) is 0 Å². The van der Waals surface area contributed by atoms with Gasteiger partial charge in [-0.15, -0.1) is 0 Å². The van der Waals surface area contributed by atoms with Crippen LogP contribution in [0.15, 0.2) is 24.3 Å². The number of rotatable bonds is 3. The molecule has 0 aromatic rings. The predicted molar refractivity (Wildman–Crippen MR) is 189 cm³/mol. The van der Waals surface area contributed by atoms with Crippen molar-refractivity contribution in [3.63, 3.8) is 0 Å². The highest BCUT2D eigenvalue weighted by molar-refractivity contribution is 5.79. The minimum absolute atomic E-state index is 0.00566. The van der Waals surface area contributed by atoms with Crippen molar-refractivity contribution in [2.75, 3.05) is 6.54 Å². The van der Waals surface area contributed by atoms with Gasteiger partial charge in [-0.25, -0.2) is 0 Å². The number of fused-ring (bicyclic) bond motifs is 6. The lowest BCUT2D eigenvalue weighted by atomic mass is 9.78. The van der Waals surface area contributed by atoms with E-state index in [2.05, 4.69) is 33.9 Å². The quantitative estimate of drug-likeness (QED) is 0.399. The summed E-state index contributed by atoms with van der Waals surface area (Å²) in [6, 6.07) is 0. The van der Waals surface area contributed by atoms with Gasteiger partial charge in [0.05, 0.1) is 54.9 Å². The molecule has 290 valence electrons. The summed E-state index contributed by atoms with van der Waals surface area (Å²) in [6.45, 7) is 15.6. The van der Waals surface area contributed by atoms with E-state index in [1.54, 1.807) is 0 Å². The van der Waals surface area contributed by atoms with Gasteiger partial charge in [0.15, 0.2) is 5.79 Å². The number of ketones is 1. The van der Waals surface area contributed by atoms with E-state index in [4.69, 9.17) is 43.6 Å². The van der Waals surface area contributed by atoms with Crippen molar-refractivity contribution in [2.24, 2.45) is 23.5 Å². The van der Waals surface area contributed by atoms with Crippen LogP contribution in [0.3, 0.4) is 0 Å². The first-order chi connectivity index (χ1) is 24.9. The van der Waals surface area contributed by atoms with Crippen molar-refractivity contribution < 1.29 is 47.8 Å². The number of hydrogen-bond donors (Lipinski definition) is 2. The van der Waals surface area contributed by atoms with Gasteiger partial charge in [0, 0.05) is 45.1 Å². The summed E-state index contributed by atoms with van der Waals surface area (Å²) in [5.41, 5.74) is 7.57. The highest BCUT2D eigenvalue weighted by Gasteiger charge is 2.73. The van der Waals surface area contributed by atoms with Crippen molar-refractivity contribution in [2.45, 2.75) is 201 Å². The highest BCUT2D eigenvalue weighted by Crippen LogP contribution is 2.58. The highest BCUT2D eigenvalue weighted by atomic mass is 16.8. The number of carbonyl (C=O) groups excluding carboxylic acids is 1. The molecular formula is C41H61NO10. The lowest BCUT2D eigenvalue weighted by Crippen LogP contribution is -2.61. The number of Topliss-reactive ketones (excluding diaryl/α,β-unsaturated/α-hetero) is 1. The number of aliphatic hydroxyl groups excluding tert-OH is 1. The zero-order chi connectivity index (χ0) is 36.1. The number of carbonyl (C=O) groups is 1. The maximum absolute atomic E-state index is 14.0. The van der Waals surface area contributed by atoms with Gasteiger partial charge in [-0.1, -0.05) is 27.0 Å². The third kappa shape index (κ3) is 6.40. The second kappa shape index (κ2) is 13.7. The van der Waals surface area contributed by atoms with Gasteiger partial charge in [-0.3, -0.25) is 4.79 Å². The fourth-order valence-corrected chi connectivity index (χ4v) is 11.7. The van der Waals surface area contributed by atoms with Crippen molar-refractivity contribution in [3.05, 3.63) is 24.3 Å². The predicted octanol–water partition coefficient (Wildman–Crippen LogP) is 4.45. The van der Waals surface area contributed by atoms with E-state index in [1.807, 2.05) is 0 Å². The molecule has 10 fully saturated rings. The summed E-state index contributed by atoms with van der Waals surface area (Å²) >= 11 is 0. The molecular weight excluding hydrogens is 666 g/mol. The molecule has 19 atom stereocenters. The van der Waals surface area contributed by atoms with E-state index in [9.17, 15) is 9.90 Å². The van der Waals surface area contributed by atoms with Crippen molar-refractivity contribution in [1.82, 2.24) is 0 Å². The van der Waals surface area contributed by atoms with Crippen LogP contribution in [0.5, 0.6) is 0 Å². The molecule has 10 saturated heterocycles. The fourth-order valence-electron chi connectivity index (χ4n) is 11.7. The minimum atomic E-state index is -0.803. The van der Waals surface area contributed by atoms with Crippen LogP contribution in [0.25, 0.3) is 0 Å². The Morgan fingerprint density at radius 3 is 2.40 bits per heavy atom. The standard InChI is InChI=1S/C41H61NO10/c1-20-12-26-6-8-30-21(2)13-28(45-30)10-11-41-19-40(5)39(52-41)38-37(50-40)36(51-41)35-31(49-38)9-7-27(47-35)14-24(43)15-29-23(4)32(16-25(44)18-42)48-34(29)17-33(46-26)22(20)3/h20,23,25-39,44H,2-3,6-19,42H2,1,4-5H3/t20-,23-,25+,26+,27?,28+,29-,30?,31+,32-,33?,34+,35?,36+,37+,38-,39?,40+,41-/m1/s1. The maximum Gasteiger partial charge on any atom is 0.172 e. The molecule has 0 saturated carbocycles. The van der Waals surface area contributed by atoms with E-state index >= 15 is 0 Å². The summed E-state index contributed by atoms with van der Waals surface area (Å²) in [4.78, 5) is 14.0. The average molecular weight is 728 g/mol. The average Bonchev–Trinajstić information content (AvgIpc) is 3.73. The Morgan fingerprint density at radius 1 is 0.808 bits per heavy atom. The molecule has 12 bridgehead atoms. The minimum Gasteiger partial charge on any atom is -0.392 e. The summed E-state index contributed by atoms with van der Waals surface area (Å²) in [7, 11) is 0. The Kier molecular flexibility index (Phi) is 9.62. The molecule has 11 heteroatoms. The second-order valence-electron chi connectivity index (χ2n) is 18.3. The molecule has 0 aromatic heterocycles. The van der Waals surface area contributed by atoms with Crippen LogP contribution in [-0.2, 0) is 42.7 Å². The van der Waals surface area contributed by atoms with Gasteiger partial charge in [-0.2, -0.15) is 0 Å². The van der Waals surface area contributed by atoms with Gasteiger partial charge in [-0.05, 0) is 80.8 Å². The van der Waals surface area contributed by atoms with Crippen LogP contribution < -0.4 is 5.73 Å². The molecule has 52 heavy (non-hydrogen) atoms. The molecule has 10 rings (SSSR count). The van der Waals surface area contributed by atoms with Crippen LogP contribution in [0, 0.1) is 17.8 Å². The largest absolute Gasteiger partial charge is 0.392 e. The van der Waals surface area contributed by atoms with E-state index in [1.165, 1.54) is 0 Å². The summed E-state index contributed by atoms with van der Waals surface area (Å²) in [5.74, 6) is -0.272. The lowest BCUT2D eigenvalue weighted by molar-refractivity contribution is -0.294. The Morgan fingerprint density at radius 2 is 1.58 bits per heavy atom. The van der Waals surface area contributed by atoms with Gasteiger partial charge in [0.2, 0.25) is 0 Å². The van der Waals surface area contributed by atoms with Crippen molar-refractivity contribution in [3.8, 4) is 0 Å². The lowest BCUT2D eigenvalue weighted by Gasteiger charge is -2.47. The van der Waals surface area contributed by atoms with Gasteiger partial charge >= 0.3 is 0 Å². The zero-order valence-corrected chi connectivity index (χ0v) is 31.3. The molecule has 1 spiro atoms. The first kappa shape index (κ1) is 36.4. The fraction of sp³-hybridized carbons (Fsp3) is 0.878. The van der Waals surface area contributed by atoms with Gasteiger partial charge < -0.3 is 48.7 Å². The van der Waals surface area contributed by atoms with E-state index in [0.29, 0.717) is 44.4 Å². The molecule has 0 aliphatic carbocycles. The Bertz CT molecular complexity index is 1410. The Labute approximate surface area is 308 Å². The van der Waals surface area contributed by atoms with Crippen LogP contribution in [0.4, 0.5) is 0 Å². The van der Waals surface area contributed by atoms with Crippen molar-refractivity contribution in [1.29, 1.82) is 0 Å². The maximum atomic E-state index is 14.0. The topological polar surface area (TPSA) is 137 Å². The molecule has 0 amide bonds. The summed E-state index contributed by atoms with van der Waals surface area (Å²) in [6.07, 6.45) is 6.17. The first-order valence-corrected chi connectivity index (χ1v) is 20.5. The number of nitrogens with two attached hydrogens (primary N) is 1. The molecule has 0 aromatic carbocycles. The first-order valence-electron chi connectivity index (χ1n) is 20.5. The molecule has 10 aliphatic rings.